The predicted molar refractivity (Wildman–Crippen MR) is 129 cm³/mol. The molecule has 0 aliphatic rings. The number of thiazole rings is 2. The van der Waals surface area contributed by atoms with E-state index >= 15 is 0 Å². The van der Waals surface area contributed by atoms with E-state index in [1.54, 1.807) is 6.20 Å². The number of imidazole rings is 1. The largest absolute Gasteiger partial charge is 0.455 e. The standard InChI is InChI=1S/C24H18N4O3S2/c29-21(14-31-22(30)12-19-13-28-10-11-32-24(28)25-19)27-23-26-20(15-33-23)18-8-6-17(7-9-18)16-4-2-1-3-5-16/h1-11,13,15H,12,14H2,(H,26,27,29). The number of fused-ring (bicyclic) bond motifs is 1. The Labute approximate surface area is 197 Å². The summed E-state index contributed by atoms with van der Waals surface area (Å²) in [6.45, 7) is -0.373. The maximum Gasteiger partial charge on any atom is 0.312 e. The molecule has 0 radical (unpaired) electrons. The van der Waals surface area contributed by atoms with Gasteiger partial charge in [0.15, 0.2) is 16.7 Å². The molecule has 5 rings (SSSR count). The summed E-state index contributed by atoms with van der Waals surface area (Å²) in [6, 6.07) is 18.2. The summed E-state index contributed by atoms with van der Waals surface area (Å²) in [6.07, 6.45) is 3.66. The maximum absolute atomic E-state index is 12.2. The van der Waals surface area contributed by atoms with Crippen LogP contribution in [0.1, 0.15) is 5.69 Å². The van der Waals surface area contributed by atoms with E-state index < -0.39 is 11.9 Å². The number of aromatic nitrogens is 3. The first kappa shape index (κ1) is 21.0. The summed E-state index contributed by atoms with van der Waals surface area (Å²) in [5, 5.41) is 6.92. The van der Waals surface area contributed by atoms with Gasteiger partial charge in [0, 0.05) is 28.7 Å². The Balaban J connectivity index is 1.13. The van der Waals surface area contributed by atoms with Gasteiger partial charge in [-0.3, -0.25) is 19.3 Å². The summed E-state index contributed by atoms with van der Waals surface area (Å²) in [5.41, 5.74) is 4.61. The van der Waals surface area contributed by atoms with Crippen molar-refractivity contribution in [3.63, 3.8) is 0 Å². The Morgan fingerprint density at radius 1 is 0.939 bits per heavy atom. The topological polar surface area (TPSA) is 85.6 Å². The van der Waals surface area contributed by atoms with Crippen LogP contribution in [0.25, 0.3) is 27.3 Å². The van der Waals surface area contributed by atoms with Crippen molar-refractivity contribution in [1.82, 2.24) is 14.4 Å². The maximum atomic E-state index is 12.2. The lowest BCUT2D eigenvalue weighted by Gasteiger charge is -2.04. The minimum Gasteiger partial charge on any atom is -0.455 e. The molecule has 0 bridgehead atoms. The second kappa shape index (κ2) is 9.35. The van der Waals surface area contributed by atoms with E-state index in [1.165, 1.54) is 22.7 Å². The molecule has 1 amide bonds. The van der Waals surface area contributed by atoms with Crippen molar-refractivity contribution in [2.45, 2.75) is 6.42 Å². The Morgan fingerprint density at radius 2 is 1.70 bits per heavy atom. The third-order valence-electron chi connectivity index (χ3n) is 4.87. The van der Waals surface area contributed by atoms with Crippen LogP contribution in [0.5, 0.6) is 0 Å². The van der Waals surface area contributed by atoms with Crippen molar-refractivity contribution in [1.29, 1.82) is 0 Å². The molecule has 0 saturated carbocycles. The molecule has 0 saturated heterocycles. The summed E-state index contributed by atoms with van der Waals surface area (Å²) in [5.74, 6) is -0.941. The van der Waals surface area contributed by atoms with E-state index in [9.17, 15) is 9.59 Å². The van der Waals surface area contributed by atoms with Crippen LogP contribution in [0.3, 0.4) is 0 Å². The SMILES string of the molecule is O=C(COC(=O)Cc1cn2ccsc2n1)Nc1nc(-c2ccc(-c3ccccc3)cc2)cs1. The molecule has 1 N–H and O–H groups in total. The van der Waals surface area contributed by atoms with Crippen LogP contribution >= 0.6 is 22.7 Å². The number of benzene rings is 2. The molecule has 0 aliphatic carbocycles. The third-order valence-corrected chi connectivity index (χ3v) is 6.40. The van der Waals surface area contributed by atoms with Gasteiger partial charge in [-0.1, -0.05) is 54.6 Å². The molecular weight excluding hydrogens is 456 g/mol. The number of carbonyl (C=O) groups is 2. The average Bonchev–Trinajstić information content (AvgIpc) is 3.56. The van der Waals surface area contributed by atoms with E-state index in [0.717, 1.165) is 27.3 Å². The van der Waals surface area contributed by atoms with Crippen LogP contribution in [0.15, 0.2) is 77.8 Å². The molecule has 0 fully saturated rings. The van der Waals surface area contributed by atoms with Crippen LogP contribution in [0.2, 0.25) is 0 Å². The number of rotatable bonds is 7. The fourth-order valence-electron chi connectivity index (χ4n) is 3.29. The second-order valence-corrected chi connectivity index (χ2v) is 8.92. The van der Waals surface area contributed by atoms with Crippen molar-refractivity contribution in [3.8, 4) is 22.4 Å². The number of ether oxygens (including phenoxy) is 1. The highest BCUT2D eigenvalue weighted by Gasteiger charge is 2.13. The number of anilines is 1. The highest BCUT2D eigenvalue weighted by molar-refractivity contribution is 7.15. The quantitative estimate of drug-likeness (QED) is 0.339. The lowest BCUT2D eigenvalue weighted by molar-refractivity contribution is -0.146. The molecule has 7 nitrogen and oxygen atoms in total. The molecule has 3 heterocycles. The van der Waals surface area contributed by atoms with Gasteiger partial charge in [-0.2, -0.15) is 0 Å². The van der Waals surface area contributed by atoms with E-state index in [-0.39, 0.29) is 13.0 Å². The minimum absolute atomic E-state index is 0.0159. The van der Waals surface area contributed by atoms with Crippen LogP contribution in [0.4, 0.5) is 5.13 Å². The van der Waals surface area contributed by atoms with Crippen LogP contribution in [-0.2, 0) is 20.7 Å². The van der Waals surface area contributed by atoms with Crippen LogP contribution in [-0.4, -0.2) is 32.9 Å². The molecule has 0 aliphatic heterocycles. The van der Waals surface area contributed by atoms with E-state index in [1.807, 2.05) is 63.8 Å². The second-order valence-electron chi connectivity index (χ2n) is 7.19. The average molecular weight is 475 g/mol. The molecule has 0 atom stereocenters. The number of hydrogen-bond donors (Lipinski definition) is 1. The number of esters is 1. The summed E-state index contributed by atoms with van der Waals surface area (Å²) in [4.78, 5) is 33.8. The molecule has 164 valence electrons. The van der Waals surface area contributed by atoms with E-state index in [4.69, 9.17) is 4.74 Å². The molecule has 33 heavy (non-hydrogen) atoms. The number of carbonyl (C=O) groups excluding carboxylic acids is 2. The smallest absolute Gasteiger partial charge is 0.312 e. The Morgan fingerprint density at radius 3 is 2.48 bits per heavy atom. The molecule has 0 unspecified atom stereocenters. The van der Waals surface area contributed by atoms with Crippen LogP contribution in [0, 0.1) is 0 Å². The molecular formula is C24H18N4O3S2. The summed E-state index contributed by atoms with van der Waals surface area (Å²) < 4.78 is 6.92. The van der Waals surface area contributed by atoms with Crippen molar-refractivity contribution in [3.05, 3.63) is 83.4 Å². The normalized spacial score (nSPS) is 10.9. The Kier molecular flexibility index (Phi) is 5.97. The highest BCUT2D eigenvalue weighted by atomic mass is 32.1. The van der Waals surface area contributed by atoms with Crippen molar-refractivity contribution < 1.29 is 14.3 Å². The Hall–Kier alpha value is -3.82. The zero-order valence-corrected chi connectivity index (χ0v) is 18.9. The molecule has 2 aromatic carbocycles. The lowest BCUT2D eigenvalue weighted by Crippen LogP contribution is -2.21. The van der Waals surface area contributed by atoms with Gasteiger partial charge in [-0.05, 0) is 11.1 Å². The van der Waals surface area contributed by atoms with Gasteiger partial charge in [0.1, 0.15) is 0 Å². The van der Waals surface area contributed by atoms with Gasteiger partial charge in [0.25, 0.3) is 5.91 Å². The van der Waals surface area contributed by atoms with Gasteiger partial charge in [0.05, 0.1) is 17.8 Å². The summed E-state index contributed by atoms with van der Waals surface area (Å²) >= 11 is 2.80. The monoisotopic (exact) mass is 474 g/mol. The Bertz CT molecular complexity index is 1380. The molecule has 0 spiro atoms. The van der Waals surface area contributed by atoms with Crippen molar-refractivity contribution in [2.24, 2.45) is 0 Å². The third kappa shape index (κ3) is 5.00. The minimum atomic E-state index is -0.505. The van der Waals surface area contributed by atoms with Crippen molar-refractivity contribution in [2.75, 3.05) is 11.9 Å². The van der Waals surface area contributed by atoms with Crippen molar-refractivity contribution >= 4 is 44.6 Å². The van der Waals surface area contributed by atoms with Crippen LogP contribution < -0.4 is 5.32 Å². The summed E-state index contributed by atoms with van der Waals surface area (Å²) in [7, 11) is 0. The fourth-order valence-corrected chi connectivity index (χ4v) is 4.74. The zero-order valence-electron chi connectivity index (χ0n) is 17.3. The highest BCUT2D eigenvalue weighted by Crippen LogP contribution is 2.27. The lowest BCUT2D eigenvalue weighted by atomic mass is 10.0. The van der Waals surface area contributed by atoms with Gasteiger partial charge in [-0.15, -0.1) is 22.7 Å². The van der Waals surface area contributed by atoms with Gasteiger partial charge >= 0.3 is 5.97 Å². The number of nitrogens with one attached hydrogen (secondary N) is 1. The molecule has 5 aromatic rings. The first-order valence-corrected chi connectivity index (χ1v) is 11.9. The number of nitrogens with zero attached hydrogens (tertiary/aromatic N) is 3. The predicted octanol–water partition coefficient (Wildman–Crippen LogP) is 4.91. The first-order valence-electron chi connectivity index (χ1n) is 10.1. The van der Waals surface area contributed by atoms with Gasteiger partial charge < -0.3 is 4.74 Å². The first-order chi connectivity index (χ1) is 16.1. The number of amides is 1. The fraction of sp³-hybridized carbons (Fsp3) is 0.0833. The van der Waals surface area contributed by atoms with Gasteiger partial charge in [-0.25, -0.2) is 9.97 Å². The molecule has 3 aromatic heterocycles. The van der Waals surface area contributed by atoms with E-state index in [0.29, 0.717) is 10.8 Å². The zero-order chi connectivity index (χ0) is 22.6. The van der Waals surface area contributed by atoms with Gasteiger partial charge in [0.2, 0.25) is 0 Å². The number of hydrogen-bond acceptors (Lipinski definition) is 7. The van der Waals surface area contributed by atoms with E-state index in [2.05, 4.69) is 27.4 Å². The molecule has 9 heteroatoms.